The van der Waals surface area contributed by atoms with E-state index in [4.69, 9.17) is 0 Å². The number of carbonyl (C=O) groups is 1. The van der Waals surface area contributed by atoms with Gasteiger partial charge in [-0.3, -0.25) is 4.79 Å². The highest BCUT2D eigenvalue weighted by atomic mass is 32.1. The second-order valence-electron chi connectivity index (χ2n) is 4.51. The molecule has 92 valence electrons. The Kier molecular flexibility index (Phi) is 4.05. The molecule has 0 unspecified atom stereocenters. The van der Waals surface area contributed by atoms with Gasteiger partial charge in [-0.2, -0.15) is 0 Å². The lowest BCUT2D eigenvalue weighted by Crippen LogP contribution is -2.28. The maximum Gasteiger partial charge on any atom is 0.254 e. The topological polar surface area (TPSA) is 29.1 Å². The molecule has 0 spiro atoms. The summed E-state index contributed by atoms with van der Waals surface area (Å²) in [6.45, 7) is 0.625. The summed E-state index contributed by atoms with van der Waals surface area (Å²) in [5.74, 6) is -0.0990. The molecule has 2 nitrogen and oxygen atoms in total. The number of amides is 1. The number of hydrogen-bond acceptors (Lipinski definition) is 2. The molecule has 4 heteroatoms. The third kappa shape index (κ3) is 3.22. The Balaban J connectivity index is 1.87. The zero-order chi connectivity index (χ0) is 12.3. The summed E-state index contributed by atoms with van der Waals surface area (Å²) in [6, 6.07) is 4.25. The van der Waals surface area contributed by atoms with E-state index < -0.39 is 5.82 Å². The van der Waals surface area contributed by atoms with E-state index in [1.54, 1.807) is 0 Å². The van der Waals surface area contributed by atoms with Crippen LogP contribution in [0.2, 0.25) is 0 Å². The summed E-state index contributed by atoms with van der Waals surface area (Å²) in [6.07, 6.45) is 4.82. The zero-order valence-corrected chi connectivity index (χ0v) is 10.5. The van der Waals surface area contributed by atoms with E-state index >= 15 is 0 Å². The summed E-state index contributed by atoms with van der Waals surface area (Å²) in [5, 5.41) is 2.75. The van der Waals surface area contributed by atoms with Crippen molar-refractivity contribution in [2.75, 3.05) is 6.54 Å². The van der Waals surface area contributed by atoms with E-state index in [2.05, 4.69) is 17.9 Å². The van der Waals surface area contributed by atoms with Crippen LogP contribution in [-0.2, 0) is 0 Å². The summed E-state index contributed by atoms with van der Waals surface area (Å²) in [7, 11) is 0. The van der Waals surface area contributed by atoms with Crippen molar-refractivity contribution in [1.29, 1.82) is 0 Å². The number of thiol groups is 1. The lowest BCUT2D eigenvalue weighted by molar-refractivity contribution is 0.0944. The van der Waals surface area contributed by atoms with Crippen molar-refractivity contribution in [3.05, 3.63) is 29.6 Å². The Morgan fingerprint density at radius 3 is 2.88 bits per heavy atom. The molecule has 0 radical (unpaired) electrons. The van der Waals surface area contributed by atoms with Crippen LogP contribution >= 0.6 is 12.6 Å². The third-order valence-electron chi connectivity index (χ3n) is 3.26. The van der Waals surface area contributed by atoms with Gasteiger partial charge in [0.2, 0.25) is 0 Å². The van der Waals surface area contributed by atoms with Crippen LogP contribution < -0.4 is 5.32 Å². The number of carbonyl (C=O) groups excluding carboxylic acids is 1. The van der Waals surface area contributed by atoms with Gasteiger partial charge in [0.05, 0.1) is 5.56 Å². The van der Waals surface area contributed by atoms with E-state index in [0.29, 0.717) is 11.4 Å². The Morgan fingerprint density at radius 1 is 1.47 bits per heavy atom. The van der Waals surface area contributed by atoms with Gasteiger partial charge in [0, 0.05) is 11.4 Å². The van der Waals surface area contributed by atoms with Crippen molar-refractivity contribution in [3.63, 3.8) is 0 Å². The average Bonchev–Trinajstić information content (AvgIpc) is 2.25. The Morgan fingerprint density at radius 2 is 2.24 bits per heavy atom. The molecule has 0 aliphatic heterocycles. The minimum absolute atomic E-state index is 0.0751. The molecular formula is C13H16FNOS. The van der Waals surface area contributed by atoms with Crippen LogP contribution in [0.15, 0.2) is 23.1 Å². The molecule has 1 aromatic carbocycles. The minimum Gasteiger partial charge on any atom is -0.352 e. The van der Waals surface area contributed by atoms with E-state index in [-0.39, 0.29) is 11.5 Å². The number of benzene rings is 1. The summed E-state index contributed by atoms with van der Waals surface area (Å²) in [5.41, 5.74) is 0.0751. The van der Waals surface area contributed by atoms with Gasteiger partial charge in [-0.25, -0.2) is 4.39 Å². The maximum atomic E-state index is 13.4. The quantitative estimate of drug-likeness (QED) is 0.793. The fourth-order valence-corrected chi connectivity index (χ4v) is 2.16. The second kappa shape index (κ2) is 5.54. The first-order chi connectivity index (χ1) is 8.16. The molecule has 1 fully saturated rings. The lowest BCUT2D eigenvalue weighted by Gasteiger charge is -2.25. The highest BCUT2D eigenvalue weighted by molar-refractivity contribution is 7.80. The first-order valence-electron chi connectivity index (χ1n) is 5.93. The van der Waals surface area contributed by atoms with E-state index in [1.165, 1.54) is 37.5 Å². The van der Waals surface area contributed by atoms with Crippen molar-refractivity contribution >= 4 is 18.5 Å². The molecule has 0 aromatic heterocycles. The molecule has 1 amide bonds. The van der Waals surface area contributed by atoms with Crippen LogP contribution in [0.5, 0.6) is 0 Å². The van der Waals surface area contributed by atoms with Gasteiger partial charge >= 0.3 is 0 Å². The smallest absolute Gasteiger partial charge is 0.254 e. The summed E-state index contributed by atoms with van der Waals surface area (Å²) < 4.78 is 13.4. The Labute approximate surface area is 106 Å². The van der Waals surface area contributed by atoms with Crippen molar-refractivity contribution in [3.8, 4) is 0 Å². The molecule has 1 aromatic rings. The Hall–Kier alpha value is -1.03. The van der Waals surface area contributed by atoms with Gasteiger partial charge in [-0.15, -0.1) is 12.6 Å². The molecule has 1 N–H and O–H groups in total. The van der Waals surface area contributed by atoms with Crippen molar-refractivity contribution in [2.45, 2.75) is 30.6 Å². The Bertz CT molecular complexity index is 418. The molecular weight excluding hydrogens is 237 g/mol. The van der Waals surface area contributed by atoms with Gasteiger partial charge in [-0.1, -0.05) is 19.3 Å². The first kappa shape index (κ1) is 12.4. The van der Waals surface area contributed by atoms with Gasteiger partial charge in [-0.05, 0) is 30.5 Å². The number of halogens is 1. The van der Waals surface area contributed by atoms with Crippen molar-refractivity contribution in [2.24, 2.45) is 5.92 Å². The van der Waals surface area contributed by atoms with Crippen LogP contribution in [0.3, 0.4) is 0 Å². The van der Waals surface area contributed by atoms with Gasteiger partial charge in [0.1, 0.15) is 5.82 Å². The molecule has 1 aliphatic carbocycles. The van der Waals surface area contributed by atoms with E-state index in [9.17, 15) is 9.18 Å². The molecule has 2 rings (SSSR count). The van der Waals surface area contributed by atoms with E-state index in [1.807, 2.05) is 0 Å². The van der Waals surface area contributed by atoms with Crippen LogP contribution in [0.25, 0.3) is 0 Å². The largest absolute Gasteiger partial charge is 0.352 e. The van der Waals surface area contributed by atoms with Crippen LogP contribution in [-0.4, -0.2) is 12.5 Å². The molecule has 17 heavy (non-hydrogen) atoms. The predicted octanol–water partition coefficient (Wildman–Crippen LogP) is 3.03. The molecule has 0 saturated heterocycles. The maximum absolute atomic E-state index is 13.4. The fraction of sp³-hybridized carbons (Fsp3) is 0.462. The minimum atomic E-state index is -0.496. The first-order valence-corrected chi connectivity index (χ1v) is 6.38. The average molecular weight is 253 g/mol. The number of hydrogen-bond donors (Lipinski definition) is 2. The van der Waals surface area contributed by atoms with E-state index in [0.717, 1.165) is 12.3 Å². The van der Waals surface area contributed by atoms with Crippen LogP contribution in [0.1, 0.15) is 36.0 Å². The molecule has 0 bridgehead atoms. The van der Waals surface area contributed by atoms with Crippen LogP contribution in [0.4, 0.5) is 4.39 Å². The fourth-order valence-electron chi connectivity index (χ4n) is 1.95. The van der Waals surface area contributed by atoms with Gasteiger partial charge in [0.25, 0.3) is 5.91 Å². The third-order valence-corrected chi connectivity index (χ3v) is 3.54. The molecule has 1 aliphatic rings. The number of nitrogens with one attached hydrogen (secondary N) is 1. The summed E-state index contributed by atoms with van der Waals surface area (Å²) in [4.78, 5) is 12.3. The monoisotopic (exact) mass is 253 g/mol. The van der Waals surface area contributed by atoms with Gasteiger partial charge < -0.3 is 5.32 Å². The standard InChI is InChI=1S/C13H16FNOS/c14-12-5-4-10(17)8-11(12)13(16)15-7-6-9-2-1-3-9/h4-5,8-9,17H,1-3,6-7H2,(H,15,16). The lowest BCUT2D eigenvalue weighted by atomic mass is 9.83. The predicted molar refractivity (Wildman–Crippen MR) is 67.9 cm³/mol. The summed E-state index contributed by atoms with van der Waals surface area (Å²) >= 11 is 4.10. The van der Waals surface area contributed by atoms with Crippen LogP contribution in [0, 0.1) is 11.7 Å². The zero-order valence-electron chi connectivity index (χ0n) is 9.58. The van der Waals surface area contributed by atoms with Gasteiger partial charge in [0.15, 0.2) is 0 Å². The highest BCUT2D eigenvalue weighted by Crippen LogP contribution is 2.28. The normalized spacial score (nSPS) is 15.4. The SMILES string of the molecule is O=C(NCCC1CCC1)c1cc(S)ccc1F. The molecule has 0 atom stereocenters. The van der Waals surface area contributed by atoms with Crippen molar-refractivity contribution in [1.82, 2.24) is 5.32 Å². The number of rotatable bonds is 4. The molecule has 0 heterocycles. The molecule has 1 saturated carbocycles. The van der Waals surface area contributed by atoms with Crippen molar-refractivity contribution < 1.29 is 9.18 Å². The second-order valence-corrected chi connectivity index (χ2v) is 5.02. The highest BCUT2D eigenvalue weighted by Gasteiger charge is 2.17.